The molecule has 3 aromatic heterocycles. The topological polar surface area (TPSA) is 92.7 Å². The molecule has 0 aliphatic rings. The number of nitrogens with one attached hydrogen (secondary N) is 2. The van der Waals surface area contributed by atoms with E-state index in [0.717, 1.165) is 27.7 Å². The van der Waals surface area contributed by atoms with Gasteiger partial charge in [-0.15, -0.1) is 23.1 Å². The van der Waals surface area contributed by atoms with Crippen LogP contribution in [0.5, 0.6) is 0 Å². The van der Waals surface area contributed by atoms with Crippen LogP contribution in [-0.4, -0.2) is 30.7 Å². The largest absolute Gasteiger partial charge is 0.347 e. The number of para-hydroxylation sites is 2. The van der Waals surface area contributed by atoms with E-state index in [-0.39, 0.29) is 17.3 Å². The van der Waals surface area contributed by atoms with Crippen LogP contribution in [0.4, 0.5) is 4.39 Å². The highest BCUT2D eigenvalue weighted by molar-refractivity contribution is 7.99. The summed E-state index contributed by atoms with van der Waals surface area (Å²) in [5, 5.41) is 5.24. The minimum absolute atomic E-state index is 0.167. The van der Waals surface area contributed by atoms with Gasteiger partial charge >= 0.3 is 0 Å². The van der Waals surface area contributed by atoms with E-state index in [9.17, 15) is 14.0 Å². The maximum absolute atomic E-state index is 13.7. The molecule has 206 valence electrons. The Morgan fingerprint density at radius 3 is 2.63 bits per heavy atom. The van der Waals surface area contributed by atoms with Gasteiger partial charge in [-0.3, -0.25) is 9.59 Å². The summed E-state index contributed by atoms with van der Waals surface area (Å²) in [6, 6.07) is 23.3. The molecule has 2 atom stereocenters. The molecule has 6 aromatic rings. The number of thioether (sulfide) groups is 1. The number of carbonyl (C=O) groups is 1. The summed E-state index contributed by atoms with van der Waals surface area (Å²) in [6.45, 7) is 2.26. The van der Waals surface area contributed by atoms with E-state index in [2.05, 4.69) is 20.3 Å². The van der Waals surface area contributed by atoms with Gasteiger partial charge in [0.25, 0.3) is 5.56 Å². The number of thiophene rings is 1. The Labute approximate surface area is 243 Å². The lowest BCUT2D eigenvalue weighted by atomic mass is 10.1. The summed E-state index contributed by atoms with van der Waals surface area (Å²) in [6.07, 6.45) is 1.75. The quantitative estimate of drug-likeness (QED) is 0.208. The Morgan fingerprint density at radius 2 is 1.83 bits per heavy atom. The van der Waals surface area contributed by atoms with Crippen LogP contribution in [0, 0.1) is 5.82 Å². The second-order valence-electron chi connectivity index (χ2n) is 9.66. The number of amides is 1. The van der Waals surface area contributed by atoms with E-state index in [1.807, 2.05) is 71.5 Å². The van der Waals surface area contributed by atoms with Crippen LogP contribution in [0.25, 0.3) is 32.4 Å². The number of fused-ring (bicyclic) bond motifs is 2. The number of nitrogens with zero attached hydrogens (tertiary/aromatic N) is 3. The van der Waals surface area contributed by atoms with Gasteiger partial charge in [0.05, 0.1) is 39.8 Å². The van der Waals surface area contributed by atoms with Crippen LogP contribution >= 0.6 is 23.1 Å². The molecule has 6 rings (SSSR count). The van der Waals surface area contributed by atoms with Crippen molar-refractivity contribution in [1.82, 2.24) is 24.8 Å². The summed E-state index contributed by atoms with van der Waals surface area (Å²) in [4.78, 5) is 39.0. The Bertz CT molecular complexity index is 1880. The summed E-state index contributed by atoms with van der Waals surface area (Å²) in [5.41, 5.74) is 4.25. The molecule has 10 heteroatoms. The van der Waals surface area contributed by atoms with E-state index >= 15 is 0 Å². The van der Waals surface area contributed by atoms with Crippen molar-refractivity contribution in [2.45, 2.75) is 30.5 Å². The normalized spacial score (nSPS) is 12.9. The Hall–Kier alpha value is -4.28. The van der Waals surface area contributed by atoms with Crippen molar-refractivity contribution in [2.24, 2.45) is 0 Å². The first-order valence-corrected chi connectivity index (χ1v) is 15.0. The third-order valence-electron chi connectivity index (χ3n) is 6.91. The minimum Gasteiger partial charge on any atom is -0.347 e. The monoisotopic (exact) mass is 583 g/mol. The SMILES string of the molecule is CC(SCc1nc2scc(-c3ccccc3)c2c(=O)[nH]1)C(=O)NC(Cn1cnc2ccccc21)c1ccc(F)cc1. The second-order valence-corrected chi connectivity index (χ2v) is 11.8. The van der Waals surface area contributed by atoms with Gasteiger partial charge in [0.2, 0.25) is 5.91 Å². The smallest absolute Gasteiger partial charge is 0.260 e. The first-order valence-electron chi connectivity index (χ1n) is 13.1. The number of carbonyl (C=O) groups excluding carboxylic acids is 1. The van der Waals surface area contributed by atoms with Gasteiger partial charge in [0.1, 0.15) is 16.5 Å². The van der Waals surface area contributed by atoms with Crippen LogP contribution in [0.3, 0.4) is 0 Å². The van der Waals surface area contributed by atoms with E-state index < -0.39 is 11.3 Å². The molecule has 0 fully saturated rings. The number of benzene rings is 3. The third-order valence-corrected chi connectivity index (χ3v) is 8.94. The third kappa shape index (κ3) is 5.79. The van der Waals surface area contributed by atoms with Crippen LogP contribution in [0.1, 0.15) is 24.4 Å². The Kier molecular flexibility index (Phi) is 7.67. The number of halogens is 1. The number of imidazole rings is 1. The maximum Gasteiger partial charge on any atom is 0.260 e. The van der Waals surface area contributed by atoms with Gasteiger partial charge in [0, 0.05) is 17.5 Å². The van der Waals surface area contributed by atoms with E-state index in [1.165, 1.54) is 35.2 Å². The summed E-state index contributed by atoms with van der Waals surface area (Å²) >= 11 is 2.82. The molecule has 0 spiro atoms. The Morgan fingerprint density at radius 1 is 1.07 bits per heavy atom. The number of rotatable bonds is 9. The van der Waals surface area contributed by atoms with Gasteiger partial charge < -0.3 is 14.9 Å². The van der Waals surface area contributed by atoms with Crippen molar-refractivity contribution in [1.29, 1.82) is 0 Å². The molecule has 0 saturated carbocycles. The zero-order chi connectivity index (χ0) is 28.3. The van der Waals surface area contributed by atoms with Crippen molar-refractivity contribution in [3.8, 4) is 11.1 Å². The average molecular weight is 584 g/mol. The molecule has 3 aromatic carbocycles. The molecule has 1 amide bonds. The molecule has 0 aliphatic heterocycles. The highest BCUT2D eigenvalue weighted by Gasteiger charge is 2.22. The molecular formula is C31H26FN5O2S2. The average Bonchev–Trinajstić information content (AvgIpc) is 3.61. The number of aromatic amines is 1. The van der Waals surface area contributed by atoms with Gasteiger partial charge in [-0.05, 0) is 42.3 Å². The standard InChI is InChI=1S/C31H26FN5O2S2/c1-19(40-17-27-35-30(39)28-23(16-41-31(28)36-27)20-7-3-2-4-8-20)29(38)34-25(21-11-13-22(32)14-12-21)15-37-18-33-24-9-5-6-10-26(24)37/h2-14,16,18-19,25H,15,17H2,1H3,(H,34,38)(H,35,36,39). The molecule has 0 radical (unpaired) electrons. The molecule has 0 bridgehead atoms. The zero-order valence-electron chi connectivity index (χ0n) is 22.1. The van der Waals surface area contributed by atoms with E-state index in [4.69, 9.17) is 0 Å². The van der Waals surface area contributed by atoms with Crippen molar-refractivity contribution in [2.75, 3.05) is 0 Å². The van der Waals surface area contributed by atoms with Crippen molar-refractivity contribution >= 4 is 50.3 Å². The van der Waals surface area contributed by atoms with E-state index in [1.54, 1.807) is 18.5 Å². The predicted octanol–water partition coefficient (Wildman–Crippen LogP) is 6.32. The molecular weight excluding hydrogens is 558 g/mol. The van der Waals surface area contributed by atoms with Gasteiger partial charge in [-0.1, -0.05) is 54.6 Å². The molecule has 3 heterocycles. The fourth-order valence-electron chi connectivity index (χ4n) is 4.74. The maximum atomic E-state index is 13.7. The lowest BCUT2D eigenvalue weighted by Gasteiger charge is -2.22. The lowest BCUT2D eigenvalue weighted by Crippen LogP contribution is -2.36. The highest BCUT2D eigenvalue weighted by atomic mass is 32.2. The van der Waals surface area contributed by atoms with Crippen LogP contribution in [-0.2, 0) is 17.1 Å². The van der Waals surface area contributed by atoms with Gasteiger partial charge in [-0.2, -0.15) is 0 Å². The van der Waals surface area contributed by atoms with Crippen molar-refractivity contribution in [3.05, 3.63) is 118 Å². The number of hydrogen-bond donors (Lipinski definition) is 2. The molecule has 2 N–H and O–H groups in total. The molecule has 0 aliphatic carbocycles. The fraction of sp³-hybridized carbons (Fsp3) is 0.161. The predicted molar refractivity (Wildman–Crippen MR) is 163 cm³/mol. The zero-order valence-corrected chi connectivity index (χ0v) is 23.7. The Balaban J connectivity index is 1.17. The second kappa shape index (κ2) is 11.7. The minimum atomic E-state index is -0.429. The van der Waals surface area contributed by atoms with Crippen molar-refractivity contribution in [3.63, 3.8) is 0 Å². The fourth-order valence-corrected chi connectivity index (χ4v) is 6.47. The lowest BCUT2D eigenvalue weighted by molar-refractivity contribution is -0.121. The van der Waals surface area contributed by atoms with Gasteiger partial charge in [-0.25, -0.2) is 14.4 Å². The van der Waals surface area contributed by atoms with Crippen LogP contribution < -0.4 is 10.9 Å². The highest BCUT2D eigenvalue weighted by Crippen LogP contribution is 2.31. The number of H-pyrrole nitrogens is 1. The summed E-state index contributed by atoms with van der Waals surface area (Å²) < 4.78 is 15.6. The molecule has 41 heavy (non-hydrogen) atoms. The van der Waals surface area contributed by atoms with E-state index in [0.29, 0.717) is 28.3 Å². The first kappa shape index (κ1) is 26.9. The number of hydrogen-bond acceptors (Lipinski definition) is 6. The molecule has 2 unspecified atom stereocenters. The molecule has 7 nitrogen and oxygen atoms in total. The summed E-state index contributed by atoms with van der Waals surface area (Å²) in [7, 11) is 0. The summed E-state index contributed by atoms with van der Waals surface area (Å²) in [5.74, 6) is 0.385. The van der Waals surface area contributed by atoms with Gasteiger partial charge in [0.15, 0.2) is 0 Å². The molecule has 0 saturated heterocycles. The van der Waals surface area contributed by atoms with Crippen molar-refractivity contribution < 1.29 is 9.18 Å². The first-order chi connectivity index (χ1) is 20.0. The van der Waals surface area contributed by atoms with Crippen LogP contribution in [0.15, 0.2) is 95.4 Å². The number of aromatic nitrogens is 4. The van der Waals surface area contributed by atoms with Crippen LogP contribution in [0.2, 0.25) is 0 Å².